The predicted octanol–water partition coefficient (Wildman–Crippen LogP) is 2.24. The van der Waals surface area contributed by atoms with E-state index in [4.69, 9.17) is 0 Å². The molecule has 0 saturated carbocycles. The number of ketones is 1. The Morgan fingerprint density at radius 1 is 1.15 bits per heavy atom. The fourth-order valence-corrected chi connectivity index (χ4v) is 2.87. The summed E-state index contributed by atoms with van der Waals surface area (Å²) in [6.07, 6.45) is 3.48. The van der Waals surface area contributed by atoms with Crippen molar-refractivity contribution in [3.8, 4) is 0 Å². The van der Waals surface area contributed by atoms with Crippen molar-refractivity contribution in [3.05, 3.63) is 35.9 Å². The van der Waals surface area contributed by atoms with Crippen molar-refractivity contribution in [2.75, 3.05) is 5.75 Å². The Balaban J connectivity index is 1.55. The summed E-state index contributed by atoms with van der Waals surface area (Å²) in [5, 5.41) is 0.855. The van der Waals surface area contributed by atoms with E-state index in [1.807, 2.05) is 30.3 Å². The van der Waals surface area contributed by atoms with Crippen LogP contribution >= 0.6 is 11.8 Å². The quantitative estimate of drug-likeness (QED) is 0.796. The zero-order valence-electron chi connectivity index (χ0n) is 10.6. The molecule has 0 bridgehead atoms. The molecule has 0 spiro atoms. The van der Waals surface area contributed by atoms with E-state index in [-0.39, 0.29) is 11.8 Å². The van der Waals surface area contributed by atoms with E-state index < -0.39 is 0 Å². The summed E-state index contributed by atoms with van der Waals surface area (Å²) in [4.78, 5) is 28.6. The van der Waals surface area contributed by atoms with Gasteiger partial charge in [-0.1, -0.05) is 30.3 Å². The van der Waals surface area contributed by atoms with Crippen LogP contribution in [0.25, 0.3) is 0 Å². The maximum atomic E-state index is 12.0. The number of Topliss-reactive ketones (excluding diaryl/α,β-unsaturated/α-hetero) is 1. The first kappa shape index (κ1) is 12.9. The molecule has 0 aliphatic carbocycles. The van der Waals surface area contributed by atoms with Gasteiger partial charge in [0.1, 0.15) is 17.7 Å². The highest BCUT2D eigenvalue weighted by Gasteiger charge is 2.26. The van der Waals surface area contributed by atoms with Crippen LogP contribution in [0.15, 0.2) is 50.3 Å². The molecule has 0 saturated heterocycles. The Kier molecular flexibility index (Phi) is 3.83. The SMILES string of the molecule is O=C(CCSC1=NC=NC2=NC=NC21)c1ccccc1. The number of thioether (sulfide) groups is 1. The van der Waals surface area contributed by atoms with E-state index in [1.54, 1.807) is 11.8 Å². The van der Waals surface area contributed by atoms with Gasteiger partial charge in [0, 0.05) is 17.7 Å². The second-order valence-corrected chi connectivity index (χ2v) is 5.37. The second kappa shape index (κ2) is 5.92. The maximum Gasteiger partial charge on any atom is 0.163 e. The fourth-order valence-electron chi connectivity index (χ4n) is 1.92. The van der Waals surface area contributed by atoms with Crippen molar-refractivity contribution in [2.45, 2.75) is 12.5 Å². The summed E-state index contributed by atoms with van der Waals surface area (Å²) in [5.41, 5.74) is 0.751. The lowest BCUT2D eigenvalue weighted by Crippen LogP contribution is -2.26. The molecule has 0 radical (unpaired) electrons. The molecule has 6 heteroatoms. The minimum atomic E-state index is -0.170. The van der Waals surface area contributed by atoms with Crippen LogP contribution in [0.2, 0.25) is 0 Å². The number of nitrogens with zero attached hydrogens (tertiary/aromatic N) is 4. The Bertz CT molecular complexity index is 634. The zero-order chi connectivity index (χ0) is 13.8. The van der Waals surface area contributed by atoms with E-state index in [2.05, 4.69) is 20.0 Å². The largest absolute Gasteiger partial charge is 0.294 e. The van der Waals surface area contributed by atoms with Crippen LogP contribution in [0.4, 0.5) is 0 Å². The molecule has 0 N–H and O–H groups in total. The van der Waals surface area contributed by atoms with Gasteiger partial charge in [-0.05, 0) is 0 Å². The summed E-state index contributed by atoms with van der Waals surface area (Å²) < 4.78 is 0. The number of hydrogen-bond donors (Lipinski definition) is 0. The summed E-state index contributed by atoms with van der Waals surface area (Å²) >= 11 is 1.54. The lowest BCUT2D eigenvalue weighted by atomic mass is 10.1. The van der Waals surface area contributed by atoms with Gasteiger partial charge in [0.25, 0.3) is 0 Å². The number of carbonyl (C=O) groups is 1. The van der Waals surface area contributed by atoms with Gasteiger partial charge in [-0.25, -0.2) is 15.0 Å². The molecular formula is C14H12N4OS. The first-order valence-corrected chi connectivity index (χ1v) is 7.24. The normalized spacial score (nSPS) is 19.5. The number of carbonyl (C=O) groups excluding carboxylic acids is 1. The Labute approximate surface area is 120 Å². The smallest absolute Gasteiger partial charge is 0.163 e. The van der Waals surface area contributed by atoms with E-state index in [9.17, 15) is 4.79 Å². The van der Waals surface area contributed by atoms with Crippen LogP contribution in [0.5, 0.6) is 0 Å². The molecule has 1 atom stereocenters. The third kappa shape index (κ3) is 2.75. The molecule has 1 unspecified atom stereocenters. The van der Waals surface area contributed by atoms with Crippen molar-refractivity contribution in [2.24, 2.45) is 20.0 Å². The second-order valence-electron chi connectivity index (χ2n) is 4.25. The van der Waals surface area contributed by atoms with Gasteiger partial charge in [0.05, 0.1) is 0 Å². The summed E-state index contributed by atoms with van der Waals surface area (Å²) in [5.74, 6) is 1.50. The zero-order valence-corrected chi connectivity index (χ0v) is 11.5. The minimum Gasteiger partial charge on any atom is -0.294 e. The minimum absolute atomic E-state index is 0.145. The van der Waals surface area contributed by atoms with Crippen LogP contribution < -0.4 is 0 Å². The monoisotopic (exact) mass is 284 g/mol. The number of benzene rings is 1. The van der Waals surface area contributed by atoms with E-state index in [0.29, 0.717) is 18.0 Å². The number of rotatable bonds is 4. The first-order valence-electron chi connectivity index (χ1n) is 6.25. The third-order valence-corrected chi connectivity index (χ3v) is 3.97. The molecular weight excluding hydrogens is 272 g/mol. The van der Waals surface area contributed by atoms with Crippen LogP contribution in [0.1, 0.15) is 16.8 Å². The molecule has 0 fully saturated rings. The average Bonchev–Trinajstić information content (AvgIpc) is 2.97. The fraction of sp³-hybridized carbons (Fsp3) is 0.214. The summed E-state index contributed by atoms with van der Waals surface area (Å²) in [7, 11) is 0. The molecule has 2 aliphatic rings. The maximum absolute atomic E-state index is 12.0. The van der Waals surface area contributed by atoms with Crippen LogP contribution in [-0.4, -0.2) is 41.1 Å². The molecule has 2 aliphatic heterocycles. The summed E-state index contributed by atoms with van der Waals surface area (Å²) in [6, 6.07) is 9.15. The van der Waals surface area contributed by atoms with Crippen molar-refractivity contribution < 1.29 is 4.79 Å². The van der Waals surface area contributed by atoms with Crippen molar-refractivity contribution in [1.82, 2.24) is 0 Å². The van der Waals surface area contributed by atoms with Crippen LogP contribution in [0, 0.1) is 0 Å². The van der Waals surface area contributed by atoms with Gasteiger partial charge < -0.3 is 0 Å². The van der Waals surface area contributed by atoms with Crippen LogP contribution in [-0.2, 0) is 0 Å². The van der Waals surface area contributed by atoms with Gasteiger partial charge in [-0.2, -0.15) is 0 Å². The molecule has 0 amide bonds. The molecule has 5 nitrogen and oxygen atoms in total. The highest BCUT2D eigenvalue weighted by atomic mass is 32.2. The molecule has 20 heavy (non-hydrogen) atoms. The number of fused-ring (bicyclic) bond motifs is 1. The molecule has 0 aromatic heterocycles. The number of amidine groups is 1. The Morgan fingerprint density at radius 2 is 2.00 bits per heavy atom. The Hall–Kier alpha value is -2.08. The first-order chi connectivity index (χ1) is 9.84. The van der Waals surface area contributed by atoms with Gasteiger partial charge >= 0.3 is 0 Å². The molecule has 3 rings (SSSR count). The predicted molar refractivity (Wildman–Crippen MR) is 83.5 cm³/mol. The summed E-state index contributed by atoms with van der Waals surface area (Å²) in [6.45, 7) is 0. The highest BCUT2D eigenvalue weighted by Crippen LogP contribution is 2.19. The average molecular weight is 284 g/mol. The van der Waals surface area contributed by atoms with E-state index in [1.165, 1.54) is 12.7 Å². The van der Waals surface area contributed by atoms with Gasteiger partial charge in [-0.15, -0.1) is 11.8 Å². The van der Waals surface area contributed by atoms with Gasteiger partial charge in [0.15, 0.2) is 17.7 Å². The van der Waals surface area contributed by atoms with Gasteiger partial charge in [0.2, 0.25) is 0 Å². The molecule has 2 heterocycles. The number of hydrogen-bond acceptors (Lipinski definition) is 6. The van der Waals surface area contributed by atoms with E-state index in [0.717, 1.165) is 10.6 Å². The molecule has 1 aromatic rings. The number of aliphatic imine (C=N–C) groups is 4. The van der Waals surface area contributed by atoms with Crippen molar-refractivity contribution in [1.29, 1.82) is 0 Å². The molecule has 1 aromatic carbocycles. The standard InChI is InChI=1S/C14H12N4OS/c19-11(10-4-2-1-3-5-10)6-7-20-14-12-13(16-8-15-12)17-9-18-14/h1-5,8-9,12H,6-7H2. The van der Waals surface area contributed by atoms with Crippen molar-refractivity contribution in [3.63, 3.8) is 0 Å². The third-order valence-electron chi connectivity index (χ3n) is 2.93. The lowest BCUT2D eigenvalue weighted by molar-refractivity contribution is 0.0989. The van der Waals surface area contributed by atoms with E-state index >= 15 is 0 Å². The van der Waals surface area contributed by atoms with Crippen molar-refractivity contribution >= 4 is 41.1 Å². The molecule has 100 valence electrons. The lowest BCUT2D eigenvalue weighted by Gasteiger charge is -2.13. The highest BCUT2D eigenvalue weighted by molar-refractivity contribution is 8.14. The topological polar surface area (TPSA) is 66.5 Å². The van der Waals surface area contributed by atoms with Gasteiger partial charge in [-0.3, -0.25) is 9.79 Å². The van der Waals surface area contributed by atoms with Crippen LogP contribution in [0.3, 0.4) is 0 Å². The Morgan fingerprint density at radius 3 is 2.85 bits per heavy atom.